The minimum Gasteiger partial charge on any atom is -0.399 e. The van der Waals surface area contributed by atoms with Gasteiger partial charge in [-0.15, -0.1) is 0 Å². The summed E-state index contributed by atoms with van der Waals surface area (Å²) in [7, 11) is -2.04. The number of benzene rings is 1. The fraction of sp³-hybridized carbons (Fsp3) is 0.550. The van der Waals surface area contributed by atoms with Crippen molar-refractivity contribution in [3.8, 4) is 0 Å². The van der Waals surface area contributed by atoms with Crippen molar-refractivity contribution in [3.05, 3.63) is 41.5 Å². The van der Waals surface area contributed by atoms with Crippen molar-refractivity contribution >= 4 is 15.8 Å². The fourth-order valence-corrected chi connectivity index (χ4v) is 3.95. The molecule has 0 amide bonds. The first kappa shape index (κ1) is 20.6. The van der Waals surface area contributed by atoms with Crippen LogP contribution in [0.25, 0.3) is 0 Å². The minimum absolute atomic E-state index is 0.224. The van der Waals surface area contributed by atoms with Crippen LogP contribution in [0.5, 0.6) is 0 Å². The van der Waals surface area contributed by atoms with Crippen molar-refractivity contribution < 1.29 is 17.4 Å². The van der Waals surface area contributed by atoms with Crippen LogP contribution in [0.4, 0.5) is 0 Å². The molecule has 0 fully saturated rings. The van der Waals surface area contributed by atoms with Crippen LogP contribution < -0.4 is 0 Å². The van der Waals surface area contributed by atoms with Gasteiger partial charge in [0.2, 0.25) is 0 Å². The third-order valence-corrected chi connectivity index (χ3v) is 5.81. The maximum Gasteiger partial charge on any atom is 0.296 e. The van der Waals surface area contributed by atoms with Crippen molar-refractivity contribution in [2.45, 2.75) is 63.2 Å². The first-order valence-electron chi connectivity index (χ1n) is 9.28. The van der Waals surface area contributed by atoms with Crippen LogP contribution in [0.15, 0.2) is 46.0 Å². The zero-order chi connectivity index (χ0) is 18.8. The molecule has 0 radical (unpaired) electrons. The number of allylic oxidation sites excluding steroid dienone is 2. The van der Waals surface area contributed by atoms with Gasteiger partial charge in [-0.3, -0.25) is 4.18 Å². The Kier molecular flexibility index (Phi) is 8.32. The Bertz CT molecular complexity index is 721. The Balaban J connectivity index is 1.57. The molecule has 6 heteroatoms. The van der Waals surface area contributed by atoms with E-state index < -0.39 is 10.1 Å². The summed E-state index contributed by atoms with van der Waals surface area (Å²) in [6, 6.07) is 6.73. The summed E-state index contributed by atoms with van der Waals surface area (Å²) in [5, 5.41) is 4.07. The zero-order valence-electron chi connectivity index (χ0n) is 15.7. The molecule has 5 nitrogen and oxygen atoms in total. The van der Waals surface area contributed by atoms with Crippen LogP contribution in [-0.4, -0.2) is 27.8 Å². The van der Waals surface area contributed by atoms with Crippen molar-refractivity contribution in [2.75, 3.05) is 13.7 Å². The largest absolute Gasteiger partial charge is 0.399 e. The van der Waals surface area contributed by atoms with Crippen molar-refractivity contribution in [3.63, 3.8) is 0 Å². The van der Waals surface area contributed by atoms with Crippen molar-refractivity contribution in [2.24, 2.45) is 5.16 Å². The van der Waals surface area contributed by atoms with Gasteiger partial charge in [0.25, 0.3) is 10.1 Å². The molecule has 0 saturated heterocycles. The highest BCUT2D eigenvalue weighted by Gasteiger charge is 2.15. The number of oxime groups is 1. The molecule has 1 aliphatic carbocycles. The van der Waals surface area contributed by atoms with Gasteiger partial charge in [-0.25, -0.2) is 0 Å². The molecule has 1 aromatic carbocycles. The third-order valence-electron chi connectivity index (χ3n) is 4.48. The molecular weight excluding hydrogens is 350 g/mol. The molecule has 1 aliphatic rings. The smallest absolute Gasteiger partial charge is 0.296 e. The molecule has 0 spiro atoms. The third kappa shape index (κ3) is 6.57. The molecule has 0 aliphatic heterocycles. The molecule has 0 saturated carbocycles. The van der Waals surface area contributed by atoms with Crippen LogP contribution in [0.1, 0.15) is 56.9 Å². The highest BCUT2D eigenvalue weighted by molar-refractivity contribution is 7.86. The lowest BCUT2D eigenvalue weighted by Gasteiger charge is -2.07. The maximum atomic E-state index is 12.1. The fourth-order valence-electron chi connectivity index (χ4n) is 3.01. The van der Waals surface area contributed by atoms with E-state index in [0.717, 1.165) is 62.6 Å². The average Bonchev–Trinajstić information content (AvgIpc) is 3.05. The van der Waals surface area contributed by atoms with Gasteiger partial charge in [-0.05, 0) is 56.7 Å². The van der Waals surface area contributed by atoms with Gasteiger partial charge in [-0.1, -0.05) is 48.2 Å². The first-order valence-corrected chi connectivity index (χ1v) is 10.7. The van der Waals surface area contributed by atoms with Gasteiger partial charge in [0.05, 0.1) is 17.2 Å². The maximum absolute atomic E-state index is 12.1. The number of aryl methyl sites for hydroxylation is 1. The number of rotatable bonds is 11. The van der Waals surface area contributed by atoms with Crippen LogP contribution >= 0.6 is 0 Å². The quantitative estimate of drug-likeness (QED) is 0.316. The second-order valence-electron chi connectivity index (χ2n) is 6.60. The summed E-state index contributed by atoms with van der Waals surface area (Å²) in [5.74, 6) is 0. The Morgan fingerprint density at radius 3 is 2.46 bits per heavy atom. The van der Waals surface area contributed by atoms with Crippen molar-refractivity contribution in [1.82, 2.24) is 0 Å². The zero-order valence-corrected chi connectivity index (χ0v) is 16.6. The SMILES string of the molecule is CON=C1CCC=C1CCCCCCCOS(=O)(=O)c1ccc(C)cc1. The summed E-state index contributed by atoms with van der Waals surface area (Å²) in [6.07, 6.45) is 10.4. The van der Waals surface area contributed by atoms with E-state index in [1.165, 1.54) is 5.57 Å². The summed E-state index contributed by atoms with van der Waals surface area (Å²) in [5.41, 5.74) is 3.43. The van der Waals surface area contributed by atoms with E-state index in [-0.39, 0.29) is 11.5 Å². The standard InChI is InChI=1S/C20H29NO4S/c1-17-12-14-19(15-13-17)26(22,23)25-16-7-5-3-4-6-9-18-10-8-11-20(18)21-24-2/h10,12-15H,3-9,11,16H2,1-2H3. The van der Waals surface area contributed by atoms with Crippen LogP contribution in [0, 0.1) is 6.92 Å². The minimum atomic E-state index is -3.63. The highest BCUT2D eigenvalue weighted by atomic mass is 32.2. The van der Waals surface area contributed by atoms with Gasteiger partial charge in [0.1, 0.15) is 7.11 Å². The normalized spacial score (nSPS) is 16.1. The van der Waals surface area contributed by atoms with Crippen LogP contribution in [0.2, 0.25) is 0 Å². The molecule has 0 aromatic heterocycles. The van der Waals surface area contributed by atoms with E-state index in [2.05, 4.69) is 11.2 Å². The first-order chi connectivity index (χ1) is 12.5. The van der Waals surface area contributed by atoms with Gasteiger partial charge in [0.15, 0.2) is 0 Å². The lowest BCUT2D eigenvalue weighted by atomic mass is 10.0. The Hall–Kier alpha value is -1.66. The average molecular weight is 380 g/mol. The second-order valence-corrected chi connectivity index (χ2v) is 8.21. The van der Waals surface area contributed by atoms with Crippen molar-refractivity contribution in [1.29, 1.82) is 0 Å². The van der Waals surface area contributed by atoms with Gasteiger partial charge >= 0.3 is 0 Å². The van der Waals surface area contributed by atoms with Gasteiger partial charge in [-0.2, -0.15) is 8.42 Å². The van der Waals surface area contributed by atoms with E-state index in [4.69, 9.17) is 9.02 Å². The molecule has 2 rings (SSSR count). The van der Waals surface area contributed by atoms with E-state index in [1.807, 2.05) is 6.92 Å². The predicted octanol–water partition coefficient (Wildman–Crippen LogP) is 4.76. The predicted molar refractivity (Wildman–Crippen MR) is 104 cm³/mol. The number of hydrogen-bond donors (Lipinski definition) is 0. The number of unbranched alkanes of at least 4 members (excludes halogenated alkanes) is 4. The number of hydrogen-bond acceptors (Lipinski definition) is 5. The van der Waals surface area contributed by atoms with E-state index in [9.17, 15) is 8.42 Å². The monoisotopic (exact) mass is 379 g/mol. The molecule has 0 heterocycles. The summed E-state index contributed by atoms with van der Waals surface area (Å²) < 4.78 is 29.2. The molecule has 26 heavy (non-hydrogen) atoms. The second kappa shape index (κ2) is 10.5. The Morgan fingerprint density at radius 2 is 1.73 bits per heavy atom. The molecule has 0 atom stereocenters. The van der Waals surface area contributed by atoms with E-state index >= 15 is 0 Å². The lowest BCUT2D eigenvalue weighted by molar-refractivity contribution is 0.213. The summed E-state index contributed by atoms with van der Waals surface area (Å²) in [4.78, 5) is 5.10. The van der Waals surface area contributed by atoms with Gasteiger partial charge in [0, 0.05) is 0 Å². The van der Waals surface area contributed by atoms with Crippen LogP contribution in [-0.2, 0) is 19.1 Å². The lowest BCUT2D eigenvalue weighted by Crippen LogP contribution is -2.07. The topological polar surface area (TPSA) is 65.0 Å². The number of nitrogens with zero attached hydrogens (tertiary/aromatic N) is 1. The Labute approximate surface area is 157 Å². The molecule has 0 bridgehead atoms. The van der Waals surface area contributed by atoms with E-state index in [0.29, 0.717) is 0 Å². The molecule has 0 unspecified atom stereocenters. The van der Waals surface area contributed by atoms with Gasteiger partial charge < -0.3 is 4.84 Å². The summed E-state index contributed by atoms with van der Waals surface area (Å²) >= 11 is 0. The Morgan fingerprint density at radius 1 is 1.04 bits per heavy atom. The van der Waals surface area contributed by atoms with E-state index in [1.54, 1.807) is 31.4 Å². The molecule has 0 N–H and O–H groups in total. The highest BCUT2D eigenvalue weighted by Crippen LogP contribution is 2.22. The molecular formula is C20H29NO4S. The molecule has 144 valence electrons. The molecule has 1 aromatic rings. The summed E-state index contributed by atoms with van der Waals surface area (Å²) in [6.45, 7) is 2.16. The van der Waals surface area contributed by atoms with Crippen LogP contribution in [0.3, 0.4) is 0 Å².